The van der Waals surface area contributed by atoms with Crippen LogP contribution in [0.25, 0.3) is 0 Å². The summed E-state index contributed by atoms with van der Waals surface area (Å²) in [6.07, 6.45) is 2.59. The van der Waals surface area contributed by atoms with E-state index in [1.165, 1.54) is 17.1 Å². The number of hydrogen-bond donors (Lipinski definition) is 0. The number of esters is 1. The molecule has 0 aromatic carbocycles. The molecular weight excluding hydrogens is 234 g/mol. The van der Waals surface area contributed by atoms with Crippen molar-refractivity contribution in [3.05, 3.63) is 31.2 Å². The van der Waals surface area contributed by atoms with E-state index >= 15 is 0 Å². The Balaban J connectivity index is 0.000000331. The molecule has 0 N–H and O–H groups in total. The fraction of sp³-hybridized carbons (Fsp3) is 0.385. The molecule has 18 heavy (non-hydrogen) atoms. The van der Waals surface area contributed by atoms with Gasteiger partial charge in [0.2, 0.25) is 0 Å². The SMILES string of the molecule is CC(C)N1C(=O)C=CC1=O.[CH2]COC(=O)C(=C)C. The van der Waals surface area contributed by atoms with E-state index in [9.17, 15) is 14.4 Å². The summed E-state index contributed by atoms with van der Waals surface area (Å²) in [5.74, 6) is -0.792. The van der Waals surface area contributed by atoms with Crippen LogP contribution in [0.5, 0.6) is 0 Å². The second-order valence-corrected chi connectivity index (χ2v) is 3.89. The number of amides is 2. The first-order valence-corrected chi connectivity index (χ1v) is 5.48. The van der Waals surface area contributed by atoms with Crippen molar-refractivity contribution in [2.75, 3.05) is 6.61 Å². The van der Waals surface area contributed by atoms with Crippen LogP contribution in [-0.4, -0.2) is 35.3 Å². The zero-order valence-electron chi connectivity index (χ0n) is 10.9. The van der Waals surface area contributed by atoms with E-state index in [-0.39, 0.29) is 30.4 Å². The van der Waals surface area contributed by atoms with Crippen molar-refractivity contribution in [1.82, 2.24) is 4.90 Å². The maximum absolute atomic E-state index is 10.8. The predicted octanol–water partition coefficient (Wildman–Crippen LogP) is 1.26. The molecule has 0 unspecified atom stereocenters. The van der Waals surface area contributed by atoms with Crippen molar-refractivity contribution in [3.63, 3.8) is 0 Å². The molecule has 0 spiro atoms. The third kappa shape index (κ3) is 4.95. The highest BCUT2D eigenvalue weighted by molar-refractivity contribution is 6.13. The Labute approximate surface area is 107 Å². The van der Waals surface area contributed by atoms with Gasteiger partial charge in [-0.15, -0.1) is 0 Å². The van der Waals surface area contributed by atoms with Gasteiger partial charge in [0.05, 0.1) is 6.61 Å². The fourth-order valence-electron chi connectivity index (χ4n) is 1.14. The summed E-state index contributed by atoms with van der Waals surface area (Å²) in [6, 6.07) is -0.0324. The first kappa shape index (κ1) is 16.1. The van der Waals surface area contributed by atoms with Crippen molar-refractivity contribution in [3.8, 4) is 0 Å². The van der Waals surface area contributed by atoms with Crippen molar-refractivity contribution in [2.24, 2.45) is 0 Å². The Bertz CT molecular complexity index is 364. The minimum Gasteiger partial charge on any atom is -0.462 e. The third-order valence-electron chi connectivity index (χ3n) is 1.94. The minimum atomic E-state index is -0.375. The zero-order valence-corrected chi connectivity index (χ0v) is 10.9. The summed E-state index contributed by atoms with van der Waals surface area (Å²) in [5.41, 5.74) is 0.411. The number of carbonyl (C=O) groups is 3. The number of imide groups is 1. The molecule has 0 fully saturated rings. The largest absolute Gasteiger partial charge is 0.462 e. The van der Waals surface area contributed by atoms with Crippen LogP contribution < -0.4 is 0 Å². The van der Waals surface area contributed by atoms with E-state index in [1.807, 2.05) is 13.8 Å². The minimum absolute atomic E-state index is 0.0324. The highest BCUT2D eigenvalue weighted by Crippen LogP contribution is 2.07. The molecule has 0 aliphatic carbocycles. The molecule has 2 amide bonds. The molecule has 0 aromatic heterocycles. The van der Waals surface area contributed by atoms with Gasteiger partial charge in [0.1, 0.15) is 0 Å². The van der Waals surface area contributed by atoms with Gasteiger partial charge in [-0.1, -0.05) is 6.58 Å². The summed E-state index contributed by atoms with van der Waals surface area (Å²) in [4.78, 5) is 33.3. The molecular formula is C13H18NO4. The van der Waals surface area contributed by atoms with Crippen molar-refractivity contribution >= 4 is 17.8 Å². The van der Waals surface area contributed by atoms with Crippen LogP contribution in [-0.2, 0) is 19.1 Å². The monoisotopic (exact) mass is 252 g/mol. The molecule has 1 aliphatic heterocycles. The average molecular weight is 252 g/mol. The molecule has 0 atom stereocenters. The Hall–Kier alpha value is -1.91. The van der Waals surface area contributed by atoms with Crippen molar-refractivity contribution in [1.29, 1.82) is 0 Å². The Morgan fingerprint density at radius 3 is 1.94 bits per heavy atom. The second kappa shape index (κ2) is 7.42. The zero-order chi connectivity index (χ0) is 14.3. The number of ether oxygens (including phenoxy) is 1. The van der Waals surface area contributed by atoms with Crippen LogP contribution in [0.1, 0.15) is 20.8 Å². The van der Waals surface area contributed by atoms with Gasteiger partial charge >= 0.3 is 5.97 Å². The Morgan fingerprint density at radius 2 is 1.78 bits per heavy atom. The maximum Gasteiger partial charge on any atom is 0.333 e. The standard InChI is InChI=1S/C7H9NO2.C6H9O2/c1-5(2)8-6(9)3-4-7(8)10;1-4-8-6(7)5(2)3/h3-5H,1-2H3;1-2,4H2,3H3. The van der Waals surface area contributed by atoms with Gasteiger partial charge in [-0.05, 0) is 27.7 Å². The molecule has 1 radical (unpaired) electrons. The van der Waals surface area contributed by atoms with Gasteiger partial charge in [0, 0.05) is 23.8 Å². The van der Waals surface area contributed by atoms with E-state index in [1.54, 1.807) is 6.92 Å². The lowest BCUT2D eigenvalue weighted by molar-refractivity contribution is -0.139. The lowest BCUT2D eigenvalue weighted by Crippen LogP contribution is -2.36. The summed E-state index contributed by atoms with van der Waals surface area (Å²) in [6.45, 7) is 12.1. The van der Waals surface area contributed by atoms with Crippen LogP contribution in [0.4, 0.5) is 0 Å². The van der Waals surface area contributed by atoms with E-state index in [4.69, 9.17) is 0 Å². The van der Waals surface area contributed by atoms with Crippen molar-refractivity contribution < 1.29 is 19.1 Å². The van der Waals surface area contributed by atoms with Crippen LogP contribution >= 0.6 is 0 Å². The highest BCUT2D eigenvalue weighted by atomic mass is 16.5. The van der Waals surface area contributed by atoms with Gasteiger partial charge in [-0.2, -0.15) is 0 Å². The quantitative estimate of drug-likeness (QED) is 0.431. The lowest BCUT2D eigenvalue weighted by atomic mass is 10.3. The van der Waals surface area contributed by atoms with E-state index < -0.39 is 0 Å². The first-order chi connectivity index (χ1) is 8.31. The molecule has 5 heteroatoms. The molecule has 1 rings (SSSR count). The summed E-state index contributed by atoms with van der Waals surface area (Å²) >= 11 is 0. The molecule has 1 aliphatic rings. The number of hydrogen-bond acceptors (Lipinski definition) is 4. The van der Waals surface area contributed by atoms with E-state index in [2.05, 4.69) is 18.2 Å². The summed E-state index contributed by atoms with van der Waals surface area (Å²) in [5, 5.41) is 0. The van der Waals surface area contributed by atoms with Gasteiger partial charge in [0.25, 0.3) is 11.8 Å². The fourth-order valence-corrected chi connectivity index (χ4v) is 1.14. The molecule has 0 bridgehead atoms. The predicted molar refractivity (Wildman–Crippen MR) is 67.3 cm³/mol. The number of carbonyl (C=O) groups excluding carboxylic acids is 3. The van der Waals surface area contributed by atoms with E-state index in [0.29, 0.717) is 5.57 Å². The topological polar surface area (TPSA) is 63.7 Å². The highest BCUT2D eigenvalue weighted by Gasteiger charge is 2.25. The molecule has 0 saturated heterocycles. The van der Waals surface area contributed by atoms with Gasteiger partial charge in [0.15, 0.2) is 0 Å². The number of nitrogens with zero attached hydrogens (tertiary/aromatic N) is 1. The lowest BCUT2D eigenvalue weighted by Gasteiger charge is -2.17. The van der Waals surface area contributed by atoms with Crippen LogP contribution in [0.15, 0.2) is 24.3 Å². The summed E-state index contributed by atoms with van der Waals surface area (Å²) < 4.78 is 4.45. The molecule has 5 nitrogen and oxygen atoms in total. The summed E-state index contributed by atoms with van der Waals surface area (Å²) in [7, 11) is 0. The molecule has 99 valence electrons. The van der Waals surface area contributed by atoms with Gasteiger partial charge < -0.3 is 4.74 Å². The second-order valence-electron chi connectivity index (χ2n) is 3.89. The Kier molecular flexibility index (Phi) is 6.63. The normalized spacial score (nSPS) is 13.5. The smallest absolute Gasteiger partial charge is 0.333 e. The van der Waals surface area contributed by atoms with Gasteiger partial charge in [-0.3, -0.25) is 14.5 Å². The van der Waals surface area contributed by atoms with Crippen LogP contribution in [0.2, 0.25) is 0 Å². The maximum atomic E-state index is 10.8. The van der Waals surface area contributed by atoms with E-state index in [0.717, 1.165) is 0 Å². The number of rotatable bonds is 3. The van der Waals surface area contributed by atoms with Crippen molar-refractivity contribution in [2.45, 2.75) is 26.8 Å². The first-order valence-electron chi connectivity index (χ1n) is 5.48. The molecule has 0 saturated carbocycles. The van der Waals surface area contributed by atoms with Crippen LogP contribution in [0, 0.1) is 6.92 Å². The average Bonchev–Trinajstić information content (AvgIpc) is 2.59. The van der Waals surface area contributed by atoms with Crippen LogP contribution in [0.3, 0.4) is 0 Å². The Morgan fingerprint density at radius 1 is 1.33 bits per heavy atom. The molecule has 0 aromatic rings. The van der Waals surface area contributed by atoms with Gasteiger partial charge in [-0.25, -0.2) is 4.79 Å². The third-order valence-corrected chi connectivity index (χ3v) is 1.94. The molecule has 1 heterocycles.